The summed E-state index contributed by atoms with van der Waals surface area (Å²) in [5.41, 5.74) is 0.652. The van der Waals surface area contributed by atoms with Gasteiger partial charge in [-0.05, 0) is 55.6 Å². The topological polar surface area (TPSA) is 41.3 Å². The van der Waals surface area contributed by atoms with Crippen molar-refractivity contribution in [2.45, 2.75) is 25.5 Å². The lowest BCUT2D eigenvalue weighted by atomic mass is 9.96. The van der Waals surface area contributed by atoms with Gasteiger partial charge in [-0.15, -0.1) is 0 Å². The van der Waals surface area contributed by atoms with Gasteiger partial charge in [0.1, 0.15) is 5.82 Å². The summed E-state index contributed by atoms with van der Waals surface area (Å²) in [4.78, 5) is 2.26. The third-order valence-corrected chi connectivity index (χ3v) is 4.38. The van der Waals surface area contributed by atoms with Crippen LogP contribution in [-0.2, 0) is 6.54 Å². The number of aliphatic hydroxyl groups is 1. The van der Waals surface area contributed by atoms with Gasteiger partial charge in [0.15, 0.2) is 0 Å². The first-order valence-electron chi connectivity index (χ1n) is 7.84. The molecule has 1 atom stereocenters. The lowest BCUT2D eigenvalue weighted by Crippen LogP contribution is -2.37. The summed E-state index contributed by atoms with van der Waals surface area (Å²) in [7, 11) is 0. The summed E-state index contributed by atoms with van der Waals surface area (Å²) >= 11 is 0. The van der Waals surface area contributed by atoms with Crippen molar-refractivity contribution in [2.75, 3.05) is 19.6 Å². The summed E-state index contributed by atoms with van der Waals surface area (Å²) in [6, 6.07) is 8.18. The Kier molecular flexibility index (Phi) is 4.85. The zero-order chi connectivity index (χ0) is 15.4. The van der Waals surface area contributed by atoms with Gasteiger partial charge in [-0.2, -0.15) is 5.10 Å². The van der Waals surface area contributed by atoms with Gasteiger partial charge in [0, 0.05) is 25.5 Å². The average Bonchev–Trinajstić information content (AvgIpc) is 3.02. The summed E-state index contributed by atoms with van der Waals surface area (Å²) < 4.78 is 15.2. The monoisotopic (exact) mass is 303 g/mol. The Morgan fingerprint density at radius 3 is 2.77 bits per heavy atom. The van der Waals surface area contributed by atoms with Crippen LogP contribution in [0.2, 0.25) is 0 Å². The number of piperidine rings is 1. The molecule has 1 unspecified atom stereocenters. The molecule has 2 aromatic rings. The van der Waals surface area contributed by atoms with Crippen LogP contribution in [0.15, 0.2) is 42.7 Å². The number of halogens is 1. The molecule has 0 amide bonds. The van der Waals surface area contributed by atoms with Gasteiger partial charge in [0.05, 0.1) is 6.10 Å². The largest absolute Gasteiger partial charge is 0.387 e. The number of benzene rings is 1. The molecule has 118 valence electrons. The molecule has 1 aliphatic rings. The fourth-order valence-electron chi connectivity index (χ4n) is 3.09. The number of nitrogens with zero attached hydrogens (tertiary/aromatic N) is 3. The molecule has 22 heavy (non-hydrogen) atoms. The second-order valence-corrected chi connectivity index (χ2v) is 6.04. The maximum atomic E-state index is 13.2. The highest BCUT2D eigenvalue weighted by Crippen LogP contribution is 2.22. The second kappa shape index (κ2) is 7.03. The first kappa shape index (κ1) is 15.2. The van der Waals surface area contributed by atoms with Crippen LogP contribution in [0.1, 0.15) is 24.5 Å². The smallest absolute Gasteiger partial charge is 0.123 e. The minimum Gasteiger partial charge on any atom is -0.387 e. The molecule has 1 aromatic carbocycles. The number of hydrogen-bond donors (Lipinski definition) is 1. The predicted octanol–water partition coefficient (Wildman–Crippen LogP) is 2.47. The van der Waals surface area contributed by atoms with Gasteiger partial charge in [0.25, 0.3) is 0 Å². The van der Waals surface area contributed by atoms with Crippen molar-refractivity contribution in [3.63, 3.8) is 0 Å². The van der Waals surface area contributed by atoms with Crippen molar-refractivity contribution in [3.8, 4) is 0 Å². The van der Waals surface area contributed by atoms with Crippen LogP contribution in [0.5, 0.6) is 0 Å². The Morgan fingerprint density at radius 2 is 2.09 bits per heavy atom. The third kappa shape index (κ3) is 3.93. The number of aromatic nitrogens is 2. The zero-order valence-electron chi connectivity index (χ0n) is 12.6. The van der Waals surface area contributed by atoms with Crippen molar-refractivity contribution in [1.29, 1.82) is 0 Å². The Labute approximate surface area is 130 Å². The summed E-state index contributed by atoms with van der Waals surface area (Å²) in [6.45, 7) is 3.47. The molecule has 4 nitrogen and oxygen atoms in total. The molecule has 0 bridgehead atoms. The maximum Gasteiger partial charge on any atom is 0.123 e. The van der Waals surface area contributed by atoms with E-state index in [-0.39, 0.29) is 5.82 Å². The normalized spacial score (nSPS) is 18.5. The second-order valence-electron chi connectivity index (χ2n) is 6.04. The minimum atomic E-state index is -0.627. The van der Waals surface area contributed by atoms with E-state index in [9.17, 15) is 9.50 Å². The molecule has 1 N–H and O–H groups in total. The Hall–Kier alpha value is -1.72. The Bertz CT molecular complexity index is 579. The number of β-amino-alcohol motifs (C(OH)–C–C–N with tert-alkyl or cyclic N) is 1. The fraction of sp³-hybridized carbons (Fsp3) is 0.471. The van der Waals surface area contributed by atoms with Gasteiger partial charge in [-0.1, -0.05) is 12.1 Å². The van der Waals surface area contributed by atoms with E-state index in [2.05, 4.69) is 10.00 Å². The van der Waals surface area contributed by atoms with Crippen molar-refractivity contribution < 1.29 is 9.50 Å². The highest BCUT2D eigenvalue weighted by Gasteiger charge is 2.22. The lowest BCUT2D eigenvalue weighted by molar-refractivity contribution is 0.0858. The molecule has 0 spiro atoms. The molecular formula is C17H22FN3O. The molecule has 1 fully saturated rings. The van der Waals surface area contributed by atoms with Gasteiger partial charge >= 0.3 is 0 Å². The lowest BCUT2D eigenvalue weighted by Gasteiger charge is -2.33. The van der Waals surface area contributed by atoms with E-state index in [1.165, 1.54) is 12.1 Å². The number of hydrogen-bond acceptors (Lipinski definition) is 3. The summed E-state index contributed by atoms with van der Waals surface area (Å²) in [6.07, 6.45) is 5.40. The Balaban J connectivity index is 1.47. The highest BCUT2D eigenvalue weighted by atomic mass is 19.1. The van der Waals surface area contributed by atoms with E-state index in [0.717, 1.165) is 32.5 Å². The van der Waals surface area contributed by atoms with Crippen molar-refractivity contribution >= 4 is 0 Å². The first-order valence-corrected chi connectivity index (χ1v) is 7.84. The van der Waals surface area contributed by atoms with Crippen LogP contribution in [-0.4, -0.2) is 39.4 Å². The van der Waals surface area contributed by atoms with Crippen LogP contribution < -0.4 is 0 Å². The van der Waals surface area contributed by atoms with E-state index in [1.54, 1.807) is 12.1 Å². The van der Waals surface area contributed by atoms with E-state index < -0.39 is 6.10 Å². The van der Waals surface area contributed by atoms with E-state index >= 15 is 0 Å². The number of aliphatic hydroxyl groups excluding tert-OH is 1. The molecule has 0 aliphatic carbocycles. The minimum absolute atomic E-state index is 0.297. The molecule has 1 aliphatic heterocycles. The molecule has 5 heteroatoms. The van der Waals surface area contributed by atoms with Crippen molar-refractivity contribution in [3.05, 3.63) is 54.1 Å². The highest BCUT2D eigenvalue weighted by molar-refractivity contribution is 5.19. The molecule has 1 aromatic heterocycles. The molecule has 1 saturated heterocycles. The third-order valence-electron chi connectivity index (χ3n) is 4.38. The van der Waals surface area contributed by atoms with Crippen LogP contribution in [0.25, 0.3) is 0 Å². The van der Waals surface area contributed by atoms with E-state index in [4.69, 9.17) is 0 Å². The van der Waals surface area contributed by atoms with Crippen LogP contribution >= 0.6 is 0 Å². The van der Waals surface area contributed by atoms with Gasteiger partial charge in [-0.25, -0.2) is 4.39 Å². The standard InChI is InChI=1S/C17H22FN3O/c18-16-4-1-3-15(11-16)17(22)13-20-9-5-14(6-10-20)12-21-8-2-7-19-21/h1-4,7-8,11,14,17,22H,5-6,9-10,12-13H2. The van der Waals surface area contributed by atoms with Gasteiger partial charge in [-0.3, -0.25) is 4.68 Å². The molecular weight excluding hydrogens is 281 g/mol. The van der Waals surface area contributed by atoms with Crippen molar-refractivity contribution in [1.82, 2.24) is 14.7 Å². The van der Waals surface area contributed by atoms with Gasteiger partial charge < -0.3 is 10.0 Å². The zero-order valence-corrected chi connectivity index (χ0v) is 12.6. The van der Waals surface area contributed by atoms with Crippen LogP contribution in [0.3, 0.4) is 0 Å². The Morgan fingerprint density at radius 1 is 1.27 bits per heavy atom. The number of rotatable bonds is 5. The van der Waals surface area contributed by atoms with E-state index in [1.807, 2.05) is 23.1 Å². The van der Waals surface area contributed by atoms with Gasteiger partial charge in [0.2, 0.25) is 0 Å². The summed E-state index contributed by atoms with van der Waals surface area (Å²) in [5, 5.41) is 14.5. The quantitative estimate of drug-likeness (QED) is 0.922. The van der Waals surface area contributed by atoms with Crippen LogP contribution in [0.4, 0.5) is 4.39 Å². The molecule has 0 saturated carbocycles. The first-order chi connectivity index (χ1) is 10.7. The predicted molar refractivity (Wildman–Crippen MR) is 82.8 cm³/mol. The molecule has 0 radical (unpaired) electrons. The fourth-order valence-corrected chi connectivity index (χ4v) is 3.09. The van der Waals surface area contributed by atoms with E-state index in [0.29, 0.717) is 18.0 Å². The molecule has 2 heterocycles. The maximum absolute atomic E-state index is 13.2. The average molecular weight is 303 g/mol. The summed E-state index contributed by atoms with van der Waals surface area (Å²) in [5.74, 6) is 0.344. The van der Waals surface area contributed by atoms with Crippen LogP contribution in [0, 0.1) is 11.7 Å². The molecule has 3 rings (SSSR count). The SMILES string of the molecule is OC(CN1CCC(Cn2cccn2)CC1)c1cccc(F)c1. The number of likely N-dealkylation sites (tertiary alicyclic amines) is 1. The van der Waals surface area contributed by atoms with Crippen molar-refractivity contribution in [2.24, 2.45) is 5.92 Å².